The van der Waals surface area contributed by atoms with Gasteiger partial charge < -0.3 is 9.67 Å². The SMILES string of the molecule is Cc1ccc(F)c(-c2ccc(C(=O)O)n2C(C)C)c1F. The van der Waals surface area contributed by atoms with E-state index in [2.05, 4.69) is 0 Å². The molecule has 0 saturated heterocycles. The van der Waals surface area contributed by atoms with Crippen molar-refractivity contribution in [3.8, 4) is 11.3 Å². The zero-order chi connectivity index (χ0) is 15.0. The van der Waals surface area contributed by atoms with E-state index >= 15 is 0 Å². The van der Waals surface area contributed by atoms with Gasteiger partial charge in [0.15, 0.2) is 0 Å². The topological polar surface area (TPSA) is 42.2 Å². The summed E-state index contributed by atoms with van der Waals surface area (Å²) in [6.07, 6.45) is 0. The lowest BCUT2D eigenvalue weighted by molar-refractivity contribution is 0.0683. The number of rotatable bonds is 3. The Balaban J connectivity index is 2.77. The summed E-state index contributed by atoms with van der Waals surface area (Å²) in [5.41, 5.74) is 0.368. The van der Waals surface area contributed by atoms with Crippen molar-refractivity contribution in [2.45, 2.75) is 26.8 Å². The molecule has 5 heteroatoms. The molecule has 0 bridgehead atoms. The summed E-state index contributed by atoms with van der Waals surface area (Å²) in [5, 5.41) is 9.16. The van der Waals surface area contributed by atoms with Crippen LogP contribution < -0.4 is 0 Å². The number of aryl methyl sites for hydroxylation is 1. The molecule has 0 aliphatic heterocycles. The number of nitrogens with zero attached hydrogens (tertiary/aromatic N) is 1. The molecule has 106 valence electrons. The average Bonchev–Trinajstić information content (AvgIpc) is 2.79. The number of benzene rings is 1. The third-order valence-electron chi connectivity index (χ3n) is 3.19. The first-order valence-electron chi connectivity index (χ1n) is 6.24. The molecule has 2 rings (SSSR count). The Bertz CT molecular complexity index is 675. The van der Waals surface area contributed by atoms with Gasteiger partial charge in [-0.1, -0.05) is 6.07 Å². The van der Waals surface area contributed by atoms with Gasteiger partial charge >= 0.3 is 5.97 Å². The van der Waals surface area contributed by atoms with Crippen molar-refractivity contribution >= 4 is 5.97 Å². The van der Waals surface area contributed by atoms with Crippen LogP contribution in [-0.2, 0) is 0 Å². The number of aromatic carboxylic acids is 1. The van der Waals surface area contributed by atoms with Crippen LogP contribution in [-0.4, -0.2) is 15.6 Å². The number of carbonyl (C=O) groups is 1. The van der Waals surface area contributed by atoms with Crippen molar-refractivity contribution in [1.82, 2.24) is 4.57 Å². The second kappa shape index (κ2) is 5.07. The second-order valence-electron chi connectivity index (χ2n) is 4.93. The molecule has 1 aromatic carbocycles. The summed E-state index contributed by atoms with van der Waals surface area (Å²) >= 11 is 0. The highest BCUT2D eigenvalue weighted by atomic mass is 19.1. The van der Waals surface area contributed by atoms with Gasteiger partial charge in [-0.25, -0.2) is 13.6 Å². The lowest BCUT2D eigenvalue weighted by Gasteiger charge is -2.17. The van der Waals surface area contributed by atoms with Crippen LogP contribution in [0.2, 0.25) is 0 Å². The number of hydrogen-bond acceptors (Lipinski definition) is 1. The van der Waals surface area contributed by atoms with Crippen molar-refractivity contribution in [2.24, 2.45) is 0 Å². The molecule has 0 amide bonds. The maximum Gasteiger partial charge on any atom is 0.352 e. The summed E-state index contributed by atoms with van der Waals surface area (Å²) in [4.78, 5) is 11.2. The van der Waals surface area contributed by atoms with Gasteiger partial charge in [0.25, 0.3) is 0 Å². The summed E-state index contributed by atoms with van der Waals surface area (Å²) < 4.78 is 29.6. The predicted octanol–water partition coefficient (Wildman–Crippen LogP) is 4.02. The average molecular weight is 279 g/mol. The van der Waals surface area contributed by atoms with Gasteiger partial charge in [0.1, 0.15) is 17.3 Å². The molecule has 3 nitrogen and oxygen atoms in total. The van der Waals surface area contributed by atoms with E-state index in [0.29, 0.717) is 5.56 Å². The van der Waals surface area contributed by atoms with Crippen molar-refractivity contribution in [1.29, 1.82) is 0 Å². The molecule has 0 aliphatic rings. The Hall–Kier alpha value is -2.17. The number of aromatic nitrogens is 1. The first-order chi connectivity index (χ1) is 9.34. The smallest absolute Gasteiger partial charge is 0.352 e. The molecule has 0 unspecified atom stereocenters. The molecule has 0 atom stereocenters. The molecular formula is C15H15F2NO2. The Morgan fingerprint density at radius 1 is 1.20 bits per heavy atom. The number of halogens is 2. The maximum absolute atomic E-state index is 14.2. The van der Waals surface area contributed by atoms with Crippen molar-refractivity contribution in [3.05, 3.63) is 47.2 Å². The maximum atomic E-state index is 14.2. The number of carboxylic acids is 1. The van der Waals surface area contributed by atoms with E-state index in [1.165, 1.54) is 28.8 Å². The molecule has 0 fully saturated rings. The van der Waals surface area contributed by atoms with Crippen LogP contribution in [0.25, 0.3) is 11.3 Å². The van der Waals surface area contributed by atoms with Crippen molar-refractivity contribution in [2.75, 3.05) is 0 Å². The van der Waals surface area contributed by atoms with E-state index in [0.717, 1.165) is 0 Å². The number of carboxylic acid groups (broad SMARTS) is 1. The Morgan fingerprint density at radius 3 is 2.40 bits per heavy atom. The molecule has 0 aliphatic carbocycles. The lowest BCUT2D eigenvalue weighted by Crippen LogP contribution is -2.12. The fourth-order valence-electron chi connectivity index (χ4n) is 2.27. The molecule has 20 heavy (non-hydrogen) atoms. The summed E-state index contributed by atoms with van der Waals surface area (Å²) in [6, 6.07) is 5.11. The van der Waals surface area contributed by atoms with Crippen LogP contribution in [0, 0.1) is 18.6 Å². The van der Waals surface area contributed by atoms with Gasteiger partial charge in [0.05, 0.1) is 11.3 Å². The van der Waals surface area contributed by atoms with E-state index in [-0.39, 0.29) is 23.0 Å². The van der Waals surface area contributed by atoms with E-state index in [9.17, 15) is 13.6 Å². The van der Waals surface area contributed by atoms with Gasteiger partial charge in [-0.05, 0) is 44.5 Å². The third kappa shape index (κ3) is 2.19. The molecule has 1 aromatic heterocycles. The second-order valence-corrected chi connectivity index (χ2v) is 4.93. The quantitative estimate of drug-likeness (QED) is 0.922. The van der Waals surface area contributed by atoms with Gasteiger partial charge in [-0.3, -0.25) is 0 Å². The van der Waals surface area contributed by atoms with Crippen LogP contribution in [0.3, 0.4) is 0 Å². The molecule has 1 N–H and O–H groups in total. The van der Waals surface area contributed by atoms with Crippen LogP contribution in [0.4, 0.5) is 8.78 Å². The lowest BCUT2D eigenvalue weighted by atomic mass is 10.1. The zero-order valence-corrected chi connectivity index (χ0v) is 11.4. The molecule has 1 heterocycles. The minimum atomic E-state index is -1.13. The van der Waals surface area contributed by atoms with E-state index in [1.54, 1.807) is 20.8 Å². The first kappa shape index (κ1) is 14.2. The van der Waals surface area contributed by atoms with E-state index in [4.69, 9.17) is 5.11 Å². The Kier molecular flexibility index (Phi) is 3.61. The minimum absolute atomic E-state index is 0.00954. The van der Waals surface area contributed by atoms with Gasteiger partial charge in [-0.15, -0.1) is 0 Å². The standard InChI is InChI=1S/C15H15F2NO2/c1-8(2)18-11(6-7-12(18)15(19)20)13-10(16)5-4-9(3)14(13)17/h4-8H,1-3H3,(H,19,20). The fourth-order valence-corrected chi connectivity index (χ4v) is 2.27. The summed E-state index contributed by atoms with van der Waals surface area (Å²) in [7, 11) is 0. The normalized spacial score (nSPS) is 11.1. The summed E-state index contributed by atoms with van der Waals surface area (Å²) in [6.45, 7) is 5.07. The predicted molar refractivity (Wildman–Crippen MR) is 71.9 cm³/mol. The molecule has 0 spiro atoms. The van der Waals surface area contributed by atoms with E-state index < -0.39 is 17.6 Å². The van der Waals surface area contributed by atoms with Crippen LogP contribution in [0.5, 0.6) is 0 Å². The fraction of sp³-hybridized carbons (Fsp3) is 0.267. The monoisotopic (exact) mass is 279 g/mol. The molecular weight excluding hydrogens is 264 g/mol. The highest BCUT2D eigenvalue weighted by Crippen LogP contribution is 2.32. The van der Waals surface area contributed by atoms with Gasteiger partial charge in [0.2, 0.25) is 0 Å². The van der Waals surface area contributed by atoms with Gasteiger partial charge in [-0.2, -0.15) is 0 Å². The molecule has 0 saturated carbocycles. The van der Waals surface area contributed by atoms with Crippen LogP contribution in [0.1, 0.15) is 35.9 Å². The molecule has 2 aromatic rings. The summed E-state index contributed by atoms with van der Waals surface area (Å²) in [5.74, 6) is -2.50. The molecule has 0 radical (unpaired) electrons. The van der Waals surface area contributed by atoms with E-state index in [1.807, 2.05) is 0 Å². The highest BCUT2D eigenvalue weighted by molar-refractivity contribution is 5.87. The van der Waals surface area contributed by atoms with Crippen LogP contribution in [0.15, 0.2) is 24.3 Å². The Labute approximate surface area is 115 Å². The van der Waals surface area contributed by atoms with Crippen molar-refractivity contribution < 1.29 is 18.7 Å². The number of hydrogen-bond donors (Lipinski definition) is 1. The van der Waals surface area contributed by atoms with Gasteiger partial charge in [0, 0.05) is 6.04 Å². The highest BCUT2D eigenvalue weighted by Gasteiger charge is 2.22. The third-order valence-corrected chi connectivity index (χ3v) is 3.19. The minimum Gasteiger partial charge on any atom is -0.477 e. The Morgan fingerprint density at radius 2 is 1.85 bits per heavy atom. The zero-order valence-electron chi connectivity index (χ0n) is 11.4. The van der Waals surface area contributed by atoms with Crippen molar-refractivity contribution in [3.63, 3.8) is 0 Å². The largest absolute Gasteiger partial charge is 0.477 e. The first-order valence-corrected chi connectivity index (χ1v) is 6.24. The van der Waals surface area contributed by atoms with Crippen LogP contribution >= 0.6 is 0 Å².